The van der Waals surface area contributed by atoms with E-state index < -0.39 is 41.5 Å². The van der Waals surface area contributed by atoms with E-state index in [4.69, 9.17) is 19.7 Å². The number of carbonyl (C=O) groups is 4. The van der Waals surface area contributed by atoms with E-state index in [0.29, 0.717) is 95.6 Å². The zero-order chi connectivity index (χ0) is 52.5. The Hall–Kier alpha value is -2.12. The molecule has 5 fully saturated rings. The van der Waals surface area contributed by atoms with Crippen LogP contribution < -0.4 is 0 Å². The van der Waals surface area contributed by atoms with Crippen LogP contribution in [0, 0.1) is 23.7 Å². The van der Waals surface area contributed by atoms with E-state index in [1.807, 2.05) is 0 Å². The lowest BCUT2D eigenvalue weighted by Crippen LogP contribution is -2.33. The van der Waals surface area contributed by atoms with Gasteiger partial charge in [0.1, 0.15) is 12.2 Å². The number of aliphatic hydroxyl groups is 1. The highest BCUT2D eigenvalue weighted by atomic mass is 32.2. The topological polar surface area (TPSA) is 250 Å². The third-order valence-corrected chi connectivity index (χ3v) is 22.9. The standard InChI is InChI=1S/C32H56O8S2.C11H22O3S.C10H16O4.18CH4.3B/c1-3-5-7-21-41(35,36)29-17-13-27(14-18-29)39-31(33)23-25-9-11-26(12-10-25)24-32(34)40-28-15-19-30(20-16-28)42(37,38)22-8-6-4-2;1-2-3-4-9-15(13,14)11-7-5-10(12)6-8-11;11-9(12)5-7-1-2-8(4-3-7)6-10(13)14;;;;;;;;;;;;;;;;;;;;;/h25-30H,3-24H2,1-2H3;10-12H,2-9H2,1H3;7-8H,1-6H2,(H,11,12)(H,13,14);18*1H4;;;. The number of ether oxygens (including phenoxy) is 2. The predicted molar refractivity (Wildman–Crippen MR) is 416 cm³/mol. The lowest BCUT2D eigenvalue weighted by atomic mass is 9.79. The highest BCUT2D eigenvalue weighted by Crippen LogP contribution is 2.36. The van der Waals surface area contributed by atoms with Crippen molar-refractivity contribution in [1.82, 2.24) is 0 Å². The average Bonchev–Trinajstić information content (AvgIpc) is 3.31. The Kier molecular flexibility index (Phi) is 115. The summed E-state index contributed by atoms with van der Waals surface area (Å²) in [6, 6.07) is 0. The van der Waals surface area contributed by atoms with Gasteiger partial charge in [-0.15, -0.1) is 0 Å². The maximum atomic E-state index is 12.6. The maximum Gasteiger partial charge on any atom is 0.306 e. The van der Waals surface area contributed by atoms with Crippen LogP contribution >= 0.6 is 0 Å². The molecular formula is C71H166B3O15S3. The second kappa shape index (κ2) is 74.7. The minimum absolute atomic E-state index is 0. The van der Waals surface area contributed by atoms with Crippen molar-refractivity contribution in [3.8, 4) is 0 Å². The van der Waals surface area contributed by atoms with Crippen LogP contribution in [0.2, 0.25) is 0 Å². The Morgan fingerprint density at radius 2 is 0.511 bits per heavy atom. The van der Waals surface area contributed by atoms with Crippen molar-refractivity contribution in [3.05, 3.63) is 0 Å². The van der Waals surface area contributed by atoms with Crippen molar-refractivity contribution in [1.29, 1.82) is 0 Å². The molecule has 0 heterocycles. The van der Waals surface area contributed by atoms with Gasteiger partial charge in [-0.1, -0.05) is 193 Å². The van der Waals surface area contributed by atoms with E-state index in [1.54, 1.807) is 0 Å². The third-order valence-electron chi connectivity index (χ3n) is 15.9. The fourth-order valence-electron chi connectivity index (χ4n) is 11.3. The zero-order valence-corrected chi connectivity index (χ0v) is 47.9. The van der Waals surface area contributed by atoms with Crippen LogP contribution in [0.5, 0.6) is 0 Å². The van der Waals surface area contributed by atoms with Crippen molar-refractivity contribution in [2.75, 3.05) is 17.3 Å². The number of carbonyl (C=O) groups excluding carboxylic acids is 2. The third kappa shape index (κ3) is 57.0. The molecule has 5 rings (SSSR count). The van der Waals surface area contributed by atoms with Gasteiger partial charge < -0.3 is 24.8 Å². The molecule has 21 heteroatoms. The van der Waals surface area contributed by atoms with Crippen LogP contribution in [0.3, 0.4) is 0 Å². The average molecular weight is 1390 g/mol. The van der Waals surface area contributed by atoms with Gasteiger partial charge in [-0.3, -0.25) is 19.2 Å². The summed E-state index contributed by atoms with van der Waals surface area (Å²) in [7, 11) is -9.01. The van der Waals surface area contributed by atoms with Gasteiger partial charge >= 0.3 is 23.9 Å². The molecule has 15 nitrogen and oxygen atoms in total. The summed E-state index contributed by atoms with van der Waals surface area (Å²) < 4.78 is 85.5. The van der Waals surface area contributed by atoms with E-state index in [0.717, 1.165) is 109 Å². The van der Waals surface area contributed by atoms with Crippen LogP contribution in [-0.2, 0) is 58.2 Å². The van der Waals surface area contributed by atoms with Gasteiger partial charge in [-0.05, 0) is 171 Å². The fraction of sp³-hybridized carbons (Fsp3) is 0.944. The molecular weight excluding hydrogens is 1220 g/mol. The Morgan fingerprint density at radius 1 is 0.315 bits per heavy atom. The second-order valence-corrected chi connectivity index (χ2v) is 29.0. The van der Waals surface area contributed by atoms with Crippen LogP contribution in [0.4, 0.5) is 0 Å². The largest absolute Gasteiger partial charge is 0.481 e. The lowest BCUT2D eigenvalue weighted by Gasteiger charge is -2.31. The molecule has 0 unspecified atom stereocenters. The quantitative estimate of drug-likeness (QED) is 0.0437. The number of rotatable bonds is 25. The molecule has 0 saturated heterocycles. The smallest absolute Gasteiger partial charge is 0.306 e. The summed E-state index contributed by atoms with van der Waals surface area (Å²) >= 11 is 0. The molecule has 567 valence electrons. The van der Waals surface area contributed by atoms with Gasteiger partial charge in [0.25, 0.3) is 0 Å². The first-order valence-electron chi connectivity index (χ1n) is 27.8. The molecule has 0 bridgehead atoms. The molecule has 0 atom stereocenters. The number of aliphatic carboxylic acids is 2. The predicted octanol–water partition coefficient (Wildman–Crippen LogP) is 20.4. The van der Waals surface area contributed by atoms with E-state index in [-0.39, 0.29) is 253 Å². The maximum absolute atomic E-state index is 12.6. The monoisotopic (exact) mass is 1390 g/mol. The van der Waals surface area contributed by atoms with Crippen molar-refractivity contribution in [3.63, 3.8) is 0 Å². The minimum Gasteiger partial charge on any atom is -0.481 e. The van der Waals surface area contributed by atoms with Crippen molar-refractivity contribution >= 4 is 78.6 Å². The summed E-state index contributed by atoms with van der Waals surface area (Å²) in [5.41, 5.74) is 0. The molecule has 0 aromatic carbocycles. The Bertz CT molecular complexity index is 1800. The SMILES string of the molecule is C.C.C.C.C.C.C.C.C.C.C.C.C.C.C.C.C.C.CCCCCS(=O)(=O)C1CCC(O)CC1.CCCCCS(=O)(=O)C1CCC(OC(=O)CC2CCC(CC(=O)OC3CCC(S(=O)(=O)CCCCC)CC3)CC2)CC1.O=C(O)CC1CCC(CC(=O)O)CC1.[B].[B].[B]. The minimum atomic E-state index is -3.06. The Morgan fingerprint density at radius 3 is 0.707 bits per heavy atom. The molecule has 0 aromatic heterocycles. The summed E-state index contributed by atoms with van der Waals surface area (Å²) in [6.07, 6.45) is 23.2. The van der Waals surface area contributed by atoms with Gasteiger partial charge in [-0.2, -0.15) is 0 Å². The molecule has 3 N–H and O–H groups in total. The van der Waals surface area contributed by atoms with Crippen LogP contribution in [0.25, 0.3) is 0 Å². The summed E-state index contributed by atoms with van der Waals surface area (Å²) in [6.45, 7) is 6.20. The van der Waals surface area contributed by atoms with Gasteiger partial charge in [0, 0.05) is 50.9 Å². The number of sulfone groups is 3. The number of hydrogen-bond donors (Lipinski definition) is 3. The molecule has 0 amide bonds. The first kappa shape index (κ1) is 141. The highest BCUT2D eigenvalue weighted by Gasteiger charge is 2.35. The van der Waals surface area contributed by atoms with Crippen molar-refractivity contribution < 1.29 is 69.2 Å². The van der Waals surface area contributed by atoms with Crippen LogP contribution in [-0.4, -0.2) is 141 Å². The molecule has 9 radical (unpaired) electrons. The van der Waals surface area contributed by atoms with E-state index in [2.05, 4.69) is 20.8 Å². The highest BCUT2D eigenvalue weighted by molar-refractivity contribution is 7.92. The van der Waals surface area contributed by atoms with Crippen LogP contribution in [0.15, 0.2) is 0 Å². The zero-order valence-electron chi connectivity index (χ0n) is 45.4. The molecule has 5 aliphatic rings. The summed E-state index contributed by atoms with van der Waals surface area (Å²) in [5, 5.41) is 25.7. The van der Waals surface area contributed by atoms with Crippen molar-refractivity contribution in [2.45, 2.75) is 400 Å². The number of aliphatic hydroxyl groups excluding tert-OH is 1. The van der Waals surface area contributed by atoms with E-state index in [1.165, 1.54) is 0 Å². The van der Waals surface area contributed by atoms with E-state index in [9.17, 15) is 49.5 Å². The number of unbranched alkanes of at least 4 members (excludes halogenated alkanes) is 6. The van der Waals surface area contributed by atoms with Crippen molar-refractivity contribution in [2.24, 2.45) is 23.7 Å². The Labute approximate surface area is 585 Å². The molecule has 0 spiro atoms. The first-order valence-corrected chi connectivity index (χ1v) is 33.0. The van der Waals surface area contributed by atoms with Gasteiger partial charge in [0.2, 0.25) is 0 Å². The lowest BCUT2D eigenvalue weighted by molar-refractivity contribution is -0.154. The summed E-state index contributed by atoms with van der Waals surface area (Å²) in [4.78, 5) is 46.1. The molecule has 0 aromatic rings. The number of hydrogen-bond acceptors (Lipinski definition) is 13. The second-order valence-electron chi connectivity index (χ2n) is 21.8. The van der Waals surface area contributed by atoms with Gasteiger partial charge in [0.15, 0.2) is 29.5 Å². The number of carboxylic acid groups (broad SMARTS) is 2. The molecule has 5 saturated carbocycles. The Balaban J connectivity index is -0.0000000539. The van der Waals surface area contributed by atoms with Gasteiger partial charge in [-0.25, -0.2) is 25.3 Å². The number of esters is 2. The molecule has 5 aliphatic carbocycles. The van der Waals surface area contributed by atoms with Crippen LogP contribution in [0.1, 0.15) is 366 Å². The molecule has 0 aliphatic heterocycles. The van der Waals surface area contributed by atoms with E-state index >= 15 is 0 Å². The number of carboxylic acids is 2. The van der Waals surface area contributed by atoms with Gasteiger partial charge in [0.05, 0.1) is 39.1 Å². The fourth-order valence-corrected chi connectivity index (χ4v) is 17.1. The summed E-state index contributed by atoms with van der Waals surface area (Å²) in [5.74, 6) is 0.0519. The normalized spacial score (nSPS) is 22.0. The molecule has 92 heavy (non-hydrogen) atoms. The first-order chi connectivity index (χ1) is 33.7.